The standard InChI is InChI=1S/C16H14F2N2O6/c1-2-25-16(22)8-7-19-5-3-4-6-26-15-11(18)10(17)12(20(23)24)9(13(15)19)14(8)21/h7H,2-6H2,1H3. The minimum atomic E-state index is -1.80. The van der Waals surface area contributed by atoms with Gasteiger partial charge in [0.15, 0.2) is 5.75 Å². The summed E-state index contributed by atoms with van der Waals surface area (Å²) < 4.78 is 40.0. The maximum atomic E-state index is 14.4. The number of nitrogens with zero attached hydrogens (tertiary/aromatic N) is 2. The van der Waals surface area contributed by atoms with E-state index in [1.807, 2.05) is 0 Å². The van der Waals surface area contributed by atoms with Crippen LogP contribution in [-0.2, 0) is 11.3 Å². The van der Waals surface area contributed by atoms with Crippen LogP contribution in [0, 0.1) is 21.7 Å². The number of carbonyl (C=O) groups excluding carboxylic acids is 1. The number of pyridine rings is 1. The molecule has 1 aliphatic rings. The van der Waals surface area contributed by atoms with Crippen LogP contribution < -0.4 is 10.2 Å². The molecule has 0 atom stereocenters. The van der Waals surface area contributed by atoms with Crippen LogP contribution in [0.2, 0.25) is 0 Å². The van der Waals surface area contributed by atoms with Crippen molar-refractivity contribution in [3.63, 3.8) is 0 Å². The van der Waals surface area contributed by atoms with Gasteiger partial charge in [-0.3, -0.25) is 14.9 Å². The fraction of sp³-hybridized carbons (Fsp3) is 0.375. The first kappa shape index (κ1) is 17.8. The van der Waals surface area contributed by atoms with Gasteiger partial charge < -0.3 is 14.0 Å². The van der Waals surface area contributed by atoms with Crippen LogP contribution in [-0.4, -0.2) is 28.7 Å². The van der Waals surface area contributed by atoms with Crippen molar-refractivity contribution in [3.05, 3.63) is 43.7 Å². The van der Waals surface area contributed by atoms with Gasteiger partial charge >= 0.3 is 11.7 Å². The summed E-state index contributed by atoms with van der Waals surface area (Å²) in [5.74, 6) is -4.91. The van der Waals surface area contributed by atoms with Crippen LogP contribution in [0.5, 0.6) is 5.75 Å². The third kappa shape index (κ3) is 2.67. The lowest BCUT2D eigenvalue weighted by Crippen LogP contribution is -2.24. The number of esters is 1. The molecule has 1 aromatic heterocycles. The number of aryl methyl sites for hydroxylation is 1. The minimum absolute atomic E-state index is 0.0233. The molecule has 0 unspecified atom stereocenters. The molecule has 2 heterocycles. The Morgan fingerprint density at radius 3 is 2.77 bits per heavy atom. The first-order valence-electron chi connectivity index (χ1n) is 7.90. The van der Waals surface area contributed by atoms with Crippen LogP contribution in [0.3, 0.4) is 0 Å². The molecule has 0 fully saturated rings. The van der Waals surface area contributed by atoms with Gasteiger partial charge in [0.2, 0.25) is 17.1 Å². The van der Waals surface area contributed by atoms with E-state index in [0.29, 0.717) is 12.8 Å². The SMILES string of the molecule is CCOC(=O)c1cn2c3c(c(F)c(F)c([N+](=O)[O-])c3c1=O)OCCCC2. The second kappa shape index (κ2) is 6.70. The van der Waals surface area contributed by atoms with Gasteiger partial charge in [-0.25, -0.2) is 4.79 Å². The normalized spacial score (nSPS) is 13.7. The maximum absolute atomic E-state index is 14.4. The number of hydrogen-bond donors (Lipinski definition) is 0. The van der Waals surface area contributed by atoms with Gasteiger partial charge in [-0.15, -0.1) is 0 Å². The first-order valence-corrected chi connectivity index (χ1v) is 7.90. The zero-order chi connectivity index (χ0) is 19.0. The van der Waals surface area contributed by atoms with Gasteiger partial charge in [-0.1, -0.05) is 0 Å². The van der Waals surface area contributed by atoms with Crippen LogP contribution in [0.4, 0.5) is 14.5 Å². The van der Waals surface area contributed by atoms with Crippen molar-refractivity contribution in [3.8, 4) is 5.75 Å². The van der Waals surface area contributed by atoms with Crippen molar-refractivity contribution >= 4 is 22.6 Å². The molecule has 0 saturated carbocycles. The van der Waals surface area contributed by atoms with E-state index in [4.69, 9.17) is 9.47 Å². The van der Waals surface area contributed by atoms with Crippen molar-refractivity contribution in [2.75, 3.05) is 13.2 Å². The van der Waals surface area contributed by atoms with E-state index in [1.165, 1.54) is 11.5 Å². The molecule has 0 aliphatic carbocycles. The molecule has 0 amide bonds. The summed E-state index contributed by atoms with van der Waals surface area (Å²) in [7, 11) is 0. The Balaban J connectivity index is 2.53. The van der Waals surface area contributed by atoms with E-state index in [-0.39, 0.29) is 25.3 Å². The highest BCUT2D eigenvalue weighted by Crippen LogP contribution is 2.38. The summed E-state index contributed by atoms with van der Waals surface area (Å²) in [5, 5.41) is 10.6. The fourth-order valence-electron chi connectivity index (χ4n) is 2.94. The summed E-state index contributed by atoms with van der Waals surface area (Å²) in [6.07, 6.45) is 2.20. The summed E-state index contributed by atoms with van der Waals surface area (Å²) in [6, 6.07) is 0. The van der Waals surface area contributed by atoms with Crippen molar-refractivity contribution in [1.82, 2.24) is 4.57 Å². The van der Waals surface area contributed by atoms with E-state index in [2.05, 4.69) is 0 Å². The van der Waals surface area contributed by atoms with Crippen LogP contribution in [0.25, 0.3) is 10.9 Å². The van der Waals surface area contributed by atoms with Crippen molar-refractivity contribution in [1.29, 1.82) is 0 Å². The van der Waals surface area contributed by atoms with Crippen LogP contribution in [0.15, 0.2) is 11.0 Å². The average molecular weight is 368 g/mol. The third-order valence-electron chi connectivity index (χ3n) is 4.05. The summed E-state index contributed by atoms with van der Waals surface area (Å²) >= 11 is 0. The predicted octanol–water partition coefficient (Wildman–Crippen LogP) is 2.54. The molecule has 3 rings (SSSR count). The molecule has 1 aliphatic heterocycles. The van der Waals surface area contributed by atoms with Gasteiger partial charge in [0.05, 0.1) is 18.1 Å². The molecular formula is C16H14F2N2O6. The molecule has 0 bridgehead atoms. The fourth-order valence-corrected chi connectivity index (χ4v) is 2.94. The number of hydrogen-bond acceptors (Lipinski definition) is 6. The molecular weight excluding hydrogens is 354 g/mol. The monoisotopic (exact) mass is 368 g/mol. The maximum Gasteiger partial charge on any atom is 0.343 e. The van der Waals surface area contributed by atoms with Gasteiger partial charge in [0.1, 0.15) is 16.5 Å². The van der Waals surface area contributed by atoms with E-state index in [1.54, 1.807) is 0 Å². The number of carbonyl (C=O) groups is 1. The largest absolute Gasteiger partial charge is 0.488 e. The van der Waals surface area contributed by atoms with E-state index >= 15 is 0 Å². The Morgan fingerprint density at radius 2 is 2.12 bits per heavy atom. The smallest absolute Gasteiger partial charge is 0.343 e. The number of benzene rings is 1. The van der Waals surface area contributed by atoms with E-state index < -0.39 is 50.3 Å². The topological polar surface area (TPSA) is 101 Å². The zero-order valence-corrected chi connectivity index (χ0v) is 13.7. The average Bonchev–Trinajstić information content (AvgIpc) is 2.56. The lowest BCUT2D eigenvalue weighted by Gasteiger charge is -2.20. The summed E-state index contributed by atoms with van der Waals surface area (Å²) in [5.41, 5.74) is -3.16. The number of ether oxygens (including phenoxy) is 2. The van der Waals surface area contributed by atoms with Crippen LogP contribution in [0.1, 0.15) is 30.1 Å². The molecule has 10 heteroatoms. The number of nitro groups is 1. The molecule has 0 spiro atoms. The molecule has 26 heavy (non-hydrogen) atoms. The number of aromatic nitrogens is 1. The van der Waals surface area contributed by atoms with Gasteiger partial charge in [0.25, 0.3) is 0 Å². The number of nitro benzene ring substituents is 1. The van der Waals surface area contributed by atoms with Crippen molar-refractivity contribution in [2.45, 2.75) is 26.3 Å². The Labute approximate surface area is 145 Å². The third-order valence-corrected chi connectivity index (χ3v) is 4.05. The van der Waals surface area contributed by atoms with Crippen molar-refractivity contribution in [2.24, 2.45) is 0 Å². The minimum Gasteiger partial charge on any atom is -0.488 e. The Bertz CT molecular complexity index is 985. The Kier molecular flexibility index (Phi) is 4.58. The highest BCUT2D eigenvalue weighted by molar-refractivity contribution is 5.99. The highest BCUT2D eigenvalue weighted by atomic mass is 19.2. The van der Waals surface area contributed by atoms with Gasteiger partial charge in [-0.05, 0) is 19.8 Å². The molecule has 8 nitrogen and oxygen atoms in total. The lowest BCUT2D eigenvalue weighted by molar-refractivity contribution is -0.386. The summed E-state index contributed by atoms with van der Waals surface area (Å²) in [4.78, 5) is 34.9. The molecule has 138 valence electrons. The van der Waals surface area contributed by atoms with Crippen LogP contribution >= 0.6 is 0 Å². The Morgan fingerprint density at radius 1 is 1.38 bits per heavy atom. The highest BCUT2D eigenvalue weighted by Gasteiger charge is 2.34. The number of halogens is 2. The van der Waals surface area contributed by atoms with Gasteiger partial charge in [0, 0.05) is 12.7 Å². The molecule has 2 aromatic rings. The lowest BCUT2D eigenvalue weighted by atomic mass is 10.1. The molecule has 0 saturated heterocycles. The second-order valence-electron chi connectivity index (χ2n) is 5.63. The predicted molar refractivity (Wildman–Crippen MR) is 85.5 cm³/mol. The van der Waals surface area contributed by atoms with E-state index in [0.717, 1.165) is 6.20 Å². The quantitative estimate of drug-likeness (QED) is 0.469. The second-order valence-corrected chi connectivity index (χ2v) is 5.63. The van der Waals surface area contributed by atoms with Crippen molar-refractivity contribution < 1.29 is 28.0 Å². The number of rotatable bonds is 3. The molecule has 0 radical (unpaired) electrons. The zero-order valence-electron chi connectivity index (χ0n) is 13.7. The molecule has 1 aromatic carbocycles. The van der Waals surface area contributed by atoms with Gasteiger partial charge in [-0.2, -0.15) is 8.78 Å². The molecule has 0 N–H and O–H groups in total. The summed E-state index contributed by atoms with van der Waals surface area (Å²) in [6.45, 7) is 1.81. The van der Waals surface area contributed by atoms with E-state index in [9.17, 15) is 28.5 Å². The Hall–Kier alpha value is -3.04. The first-order chi connectivity index (χ1) is 12.4.